The Kier molecular flexibility index (Phi) is 2.12. The molecule has 0 radical (unpaired) electrons. The van der Waals surface area contributed by atoms with Crippen LogP contribution < -0.4 is 5.73 Å². The summed E-state index contributed by atoms with van der Waals surface area (Å²) in [5.41, 5.74) is 6.29. The third-order valence-corrected chi connectivity index (χ3v) is 2.66. The predicted molar refractivity (Wildman–Crippen MR) is 56.7 cm³/mol. The van der Waals surface area contributed by atoms with Gasteiger partial charge in [0.25, 0.3) is 5.91 Å². The first kappa shape index (κ1) is 10.2. The van der Waals surface area contributed by atoms with Crippen LogP contribution in [0.5, 0.6) is 0 Å². The van der Waals surface area contributed by atoms with E-state index in [9.17, 15) is 4.79 Å². The average molecular weight is 208 g/mol. The van der Waals surface area contributed by atoms with Gasteiger partial charge in [-0.15, -0.1) is 0 Å². The minimum Gasteiger partial charge on any atom is -0.466 e. The van der Waals surface area contributed by atoms with Gasteiger partial charge in [0.2, 0.25) is 0 Å². The summed E-state index contributed by atoms with van der Waals surface area (Å²) >= 11 is 0. The number of amides is 1. The van der Waals surface area contributed by atoms with E-state index in [1.807, 2.05) is 20.8 Å². The maximum absolute atomic E-state index is 12.0. The van der Waals surface area contributed by atoms with Crippen LogP contribution in [0, 0.1) is 13.8 Å². The molecule has 2 rings (SSSR count). The normalized spacial score (nSPS) is 18.8. The van der Waals surface area contributed by atoms with E-state index in [-0.39, 0.29) is 11.4 Å². The first-order valence-electron chi connectivity index (χ1n) is 5.04. The van der Waals surface area contributed by atoms with Crippen molar-refractivity contribution in [2.45, 2.75) is 26.3 Å². The van der Waals surface area contributed by atoms with Gasteiger partial charge < -0.3 is 15.1 Å². The lowest BCUT2D eigenvalue weighted by Gasteiger charge is -2.45. The second-order valence-electron chi connectivity index (χ2n) is 4.64. The third-order valence-electron chi connectivity index (χ3n) is 2.66. The van der Waals surface area contributed by atoms with Crippen molar-refractivity contribution < 1.29 is 9.21 Å². The highest BCUT2D eigenvalue weighted by Gasteiger charge is 2.38. The second-order valence-corrected chi connectivity index (χ2v) is 4.64. The molecule has 2 N–H and O–H groups in total. The number of carbonyl (C=O) groups is 1. The van der Waals surface area contributed by atoms with E-state index in [0.29, 0.717) is 24.4 Å². The highest BCUT2D eigenvalue weighted by Crippen LogP contribution is 2.23. The Hall–Kier alpha value is -1.29. The molecule has 0 aliphatic carbocycles. The van der Waals surface area contributed by atoms with Gasteiger partial charge in [0, 0.05) is 18.6 Å². The van der Waals surface area contributed by atoms with Crippen molar-refractivity contribution in [3.8, 4) is 0 Å². The van der Waals surface area contributed by atoms with Crippen molar-refractivity contribution >= 4 is 5.91 Å². The Labute approximate surface area is 89.0 Å². The lowest BCUT2D eigenvalue weighted by molar-refractivity contribution is 0.0452. The third kappa shape index (κ3) is 1.77. The molecule has 0 aromatic carbocycles. The fourth-order valence-corrected chi connectivity index (χ4v) is 1.98. The molecule has 0 spiro atoms. The second kappa shape index (κ2) is 3.10. The van der Waals surface area contributed by atoms with Crippen LogP contribution in [0.25, 0.3) is 0 Å². The highest BCUT2D eigenvalue weighted by molar-refractivity contribution is 5.96. The van der Waals surface area contributed by atoms with Gasteiger partial charge in [0.1, 0.15) is 11.5 Å². The van der Waals surface area contributed by atoms with Crippen molar-refractivity contribution in [3.63, 3.8) is 0 Å². The number of hydrogen-bond acceptors (Lipinski definition) is 3. The Morgan fingerprint density at radius 2 is 2.13 bits per heavy atom. The van der Waals surface area contributed by atoms with E-state index in [1.54, 1.807) is 11.0 Å². The van der Waals surface area contributed by atoms with Gasteiger partial charge in [-0.2, -0.15) is 0 Å². The molecule has 1 fully saturated rings. The molecule has 1 aliphatic heterocycles. The van der Waals surface area contributed by atoms with Crippen LogP contribution >= 0.6 is 0 Å². The van der Waals surface area contributed by atoms with Gasteiger partial charge in [-0.1, -0.05) is 0 Å². The topological polar surface area (TPSA) is 59.5 Å². The SMILES string of the molecule is Cc1cc(C(=O)N2CC(C)(N)C2)c(C)o1. The monoisotopic (exact) mass is 208 g/mol. The standard InChI is InChI=1S/C11H16N2O2/c1-7-4-9(8(2)15-7)10(14)13-5-11(3,12)6-13/h4H,5-6,12H2,1-3H3. The number of nitrogens with two attached hydrogens (primary N) is 1. The van der Waals surface area contributed by atoms with Crippen LogP contribution in [-0.2, 0) is 0 Å². The molecule has 0 atom stereocenters. The van der Waals surface area contributed by atoms with Crippen LogP contribution in [0.15, 0.2) is 10.5 Å². The minimum absolute atomic E-state index is 0.0206. The number of carbonyl (C=O) groups excluding carboxylic acids is 1. The molecule has 4 nitrogen and oxygen atoms in total. The number of likely N-dealkylation sites (tertiary alicyclic amines) is 1. The number of aryl methyl sites for hydroxylation is 2. The Balaban J connectivity index is 2.13. The quantitative estimate of drug-likeness (QED) is 0.751. The molecule has 0 bridgehead atoms. The maximum atomic E-state index is 12.0. The van der Waals surface area contributed by atoms with Gasteiger partial charge in [0.05, 0.1) is 5.56 Å². The minimum atomic E-state index is -0.220. The Morgan fingerprint density at radius 1 is 1.53 bits per heavy atom. The summed E-state index contributed by atoms with van der Waals surface area (Å²) in [7, 11) is 0. The number of furan rings is 1. The molecule has 1 aromatic heterocycles. The van der Waals surface area contributed by atoms with Gasteiger partial charge in [-0.25, -0.2) is 0 Å². The maximum Gasteiger partial charge on any atom is 0.257 e. The average Bonchev–Trinajstić information content (AvgIpc) is 2.40. The van der Waals surface area contributed by atoms with E-state index in [1.165, 1.54) is 0 Å². The zero-order valence-corrected chi connectivity index (χ0v) is 9.33. The molecule has 4 heteroatoms. The molecule has 15 heavy (non-hydrogen) atoms. The molecular weight excluding hydrogens is 192 g/mol. The fourth-order valence-electron chi connectivity index (χ4n) is 1.98. The van der Waals surface area contributed by atoms with E-state index in [4.69, 9.17) is 10.2 Å². The molecule has 2 heterocycles. The highest BCUT2D eigenvalue weighted by atomic mass is 16.3. The van der Waals surface area contributed by atoms with Crippen molar-refractivity contribution in [3.05, 3.63) is 23.2 Å². The molecule has 82 valence electrons. The molecule has 0 unspecified atom stereocenters. The van der Waals surface area contributed by atoms with Crippen molar-refractivity contribution in [2.75, 3.05) is 13.1 Å². The van der Waals surface area contributed by atoms with Crippen LogP contribution in [0.3, 0.4) is 0 Å². The summed E-state index contributed by atoms with van der Waals surface area (Å²) in [6, 6.07) is 1.78. The van der Waals surface area contributed by atoms with E-state index in [2.05, 4.69) is 0 Å². The van der Waals surface area contributed by atoms with Gasteiger partial charge in [-0.05, 0) is 26.8 Å². The van der Waals surface area contributed by atoms with Crippen molar-refractivity contribution in [1.29, 1.82) is 0 Å². The van der Waals surface area contributed by atoms with Gasteiger partial charge in [0.15, 0.2) is 0 Å². The first-order chi connectivity index (χ1) is 6.89. The first-order valence-corrected chi connectivity index (χ1v) is 5.04. The van der Waals surface area contributed by atoms with E-state index < -0.39 is 0 Å². The lowest BCUT2D eigenvalue weighted by atomic mass is 9.93. The van der Waals surface area contributed by atoms with Crippen LogP contribution in [0.1, 0.15) is 28.8 Å². The molecule has 1 amide bonds. The molecule has 1 aromatic rings. The number of rotatable bonds is 1. The van der Waals surface area contributed by atoms with Crippen LogP contribution in [0.4, 0.5) is 0 Å². The molecule has 0 saturated carbocycles. The Morgan fingerprint density at radius 3 is 2.53 bits per heavy atom. The number of nitrogens with zero attached hydrogens (tertiary/aromatic N) is 1. The van der Waals surface area contributed by atoms with Crippen molar-refractivity contribution in [1.82, 2.24) is 4.90 Å². The molecule has 1 saturated heterocycles. The molecule has 1 aliphatic rings. The summed E-state index contributed by atoms with van der Waals surface area (Å²) in [5.74, 6) is 1.47. The predicted octanol–water partition coefficient (Wildman–Crippen LogP) is 1.07. The summed E-state index contributed by atoms with van der Waals surface area (Å²) in [6.45, 7) is 6.84. The smallest absolute Gasteiger partial charge is 0.257 e. The largest absolute Gasteiger partial charge is 0.466 e. The van der Waals surface area contributed by atoms with Gasteiger partial charge >= 0.3 is 0 Å². The summed E-state index contributed by atoms with van der Waals surface area (Å²) in [4.78, 5) is 13.7. The Bertz CT molecular complexity index is 399. The van der Waals surface area contributed by atoms with Crippen molar-refractivity contribution in [2.24, 2.45) is 5.73 Å². The van der Waals surface area contributed by atoms with Gasteiger partial charge in [-0.3, -0.25) is 4.79 Å². The summed E-state index contributed by atoms with van der Waals surface area (Å²) < 4.78 is 5.33. The van der Waals surface area contributed by atoms with E-state index >= 15 is 0 Å². The zero-order chi connectivity index (χ0) is 11.2. The van der Waals surface area contributed by atoms with Crippen LogP contribution in [-0.4, -0.2) is 29.4 Å². The molecular formula is C11H16N2O2. The zero-order valence-electron chi connectivity index (χ0n) is 9.33. The fraction of sp³-hybridized carbons (Fsp3) is 0.545. The number of hydrogen-bond donors (Lipinski definition) is 1. The lowest BCUT2D eigenvalue weighted by Crippen LogP contribution is -2.66. The van der Waals surface area contributed by atoms with E-state index in [0.717, 1.165) is 5.76 Å². The van der Waals surface area contributed by atoms with Crippen LogP contribution in [0.2, 0.25) is 0 Å². The summed E-state index contributed by atoms with van der Waals surface area (Å²) in [5, 5.41) is 0. The summed E-state index contributed by atoms with van der Waals surface area (Å²) in [6.07, 6.45) is 0.